The third-order valence-electron chi connectivity index (χ3n) is 4.68. The Bertz CT molecular complexity index is 819. The van der Waals surface area contributed by atoms with Crippen LogP contribution < -0.4 is 0 Å². The van der Waals surface area contributed by atoms with Crippen LogP contribution in [0.2, 0.25) is 0 Å². The van der Waals surface area contributed by atoms with Crippen LogP contribution in [-0.2, 0) is 6.42 Å². The van der Waals surface area contributed by atoms with E-state index in [4.69, 9.17) is 0 Å². The van der Waals surface area contributed by atoms with Gasteiger partial charge in [-0.15, -0.1) is 0 Å². The largest absolute Gasteiger partial charge is 0.0761 e. The fourth-order valence-electron chi connectivity index (χ4n) is 2.99. The summed E-state index contributed by atoms with van der Waals surface area (Å²) in [6.45, 7) is 6.40. The van der Waals surface area contributed by atoms with Crippen molar-refractivity contribution in [1.82, 2.24) is 0 Å². The SMILES string of the molecule is Cc1ccc(/C=C/C(Cc2ccc(C)cc2)c2ccc(C)cc2)cc1. The molecule has 0 heteroatoms. The molecule has 0 heterocycles. The second kappa shape index (κ2) is 7.98. The molecule has 0 amide bonds. The summed E-state index contributed by atoms with van der Waals surface area (Å²) in [5.74, 6) is 0.379. The zero-order valence-corrected chi connectivity index (χ0v) is 15.4. The van der Waals surface area contributed by atoms with E-state index >= 15 is 0 Å². The van der Waals surface area contributed by atoms with E-state index in [1.807, 2.05) is 0 Å². The van der Waals surface area contributed by atoms with E-state index in [-0.39, 0.29) is 0 Å². The molecule has 25 heavy (non-hydrogen) atoms. The molecule has 0 aromatic heterocycles. The van der Waals surface area contributed by atoms with E-state index in [2.05, 4.69) is 106 Å². The maximum absolute atomic E-state index is 2.34. The molecule has 3 aromatic carbocycles. The van der Waals surface area contributed by atoms with Crippen LogP contribution in [0.25, 0.3) is 6.08 Å². The van der Waals surface area contributed by atoms with Gasteiger partial charge in [0.05, 0.1) is 0 Å². The highest BCUT2D eigenvalue weighted by Gasteiger charge is 2.09. The highest BCUT2D eigenvalue weighted by atomic mass is 14.1. The second-order valence-electron chi connectivity index (χ2n) is 6.98. The van der Waals surface area contributed by atoms with Gasteiger partial charge in [-0.25, -0.2) is 0 Å². The molecule has 0 saturated heterocycles. The molecule has 0 fully saturated rings. The van der Waals surface area contributed by atoms with E-state index in [1.54, 1.807) is 0 Å². The predicted octanol–water partition coefficient (Wildman–Crippen LogP) is 6.65. The molecule has 0 saturated carbocycles. The Hall–Kier alpha value is -2.60. The van der Waals surface area contributed by atoms with Gasteiger partial charge in [0, 0.05) is 5.92 Å². The third-order valence-corrected chi connectivity index (χ3v) is 4.68. The molecule has 0 bridgehead atoms. The molecule has 0 aliphatic carbocycles. The summed E-state index contributed by atoms with van der Waals surface area (Å²) in [7, 11) is 0. The number of aryl methyl sites for hydroxylation is 3. The van der Waals surface area contributed by atoms with E-state index in [0.29, 0.717) is 5.92 Å². The van der Waals surface area contributed by atoms with E-state index in [1.165, 1.54) is 33.4 Å². The van der Waals surface area contributed by atoms with Crippen molar-refractivity contribution in [3.8, 4) is 0 Å². The summed E-state index contributed by atoms with van der Waals surface area (Å²) in [5.41, 5.74) is 7.92. The van der Waals surface area contributed by atoms with Crippen LogP contribution in [0.3, 0.4) is 0 Å². The Morgan fingerprint density at radius 3 is 1.68 bits per heavy atom. The lowest BCUT2D eigenvalue weighted by Gasteiger charge is -2.14. The Balaban J connectivity index is 1.86. The Morgan fingerprint density at radius 2 is 1.12 bits per heavy atom. The van der Waals surface area contributed by atoms with Crippen LogP contribution in [0.4, 0.5) is 0 Å². The van der Waals surface area contributed by atoms with Crippen molar-refractivity contribution in [2.24, 2.45) is 0 Å². The van der Waals surface area contributed by atoms with Crippen LogP contribution in [-0.4, -0.2) is 0 Å². The molecule has 0 radical (unpaired) electrons. The van der Waals surface area contributed by atoms with Gasteiger partial charge in [0.1, 0.15) is 0 Å². The van der Waals surface area contributed by atoms with Crippen molar-refractivity contribution in [1.29, 1.82) is 0 Å². The first-order valence-electron chi connectivity index (χ1n) is 8.97. The van der Waals surface area contributed by atoms with Gasteiger partial charge in [-0.1, -0.05) is 102 Å². The van der Waals surface area contributed by atoms with Gasteiger partial charge in [-0.3, -0.25) is 0 Å². The zero-order chi connectivity index (χ0) is 17.6. The molecule has 3 aromatic rings. The van der Waals surface area contributed by atoms with Gasteiger partial charge in [-0.05, 0) is 43.9 Å². The number of hydrogen-bond acceptors (Lipinski definition) is 0. The van der Waals surface area contributed by atoms with Crippen molar-refractivity contribution < 1.29 is 0 Å². The topological polar surface area (TPSA) is 0 Å². The summed E-state index contributed by atoms with van der Waals surface area (Å²) in [5, 5.41) is 0. The minimum absolute atomic E-state index is 0.379. The minimum Gasteiger partial charge on any atom is -0.0761 e. The molecule has 1 unspecified atom stereocenters. The fraction of sp³-hybridized carbons (Fsp3) is 0.200. The van der Waals surface area contributed by atoms with Gasteiger partial charge in [0.15, 0.2) is 0 Å². The van der Waals surface area contributed by atoms with Crippen molar-refractivity contribution in [2.75, 3.05) is 0 Å². The third kappa shape index (κ3) is 4.93. The number of hydrogen-bond donors (Lipinski definition) is 0. The molecule has 3 rings (SSSR count). The first-order valence-corrected chi connectivity index (χ1v) is 8.97. The van der Waals surface area contributed by atoms with Crippen LogP contribution >= 0.6 is 0 Å². The molecule has 0 nitrogen and oxygen atoms in total. The predicted molar refractivity (Wildman–Crippen MR) is 109 cm³/mol. The molecule has 1 atom stereocenters. The molecule has 126 valence electrons. The Kier molecular flexibility index (Phi) is 5.50. The molecule has 0 aliphatic rings. The van der Waals surface area contributed by atoms with E-state index < -0.39 is 0 Å². The first kappa shape index (κ1) is 17.2. The first-order chi connectivity index (χ1) is 12.1. The van der Waals surface area contributed by atoms with Gasteiger partial charge >= 0.3 is 0 Å². The lowest BCUT2D eigenvalue weighted by Crippen LogP contribution is -2.00. The van der Waals surface area contributed by atoms with Crippen LogP contribution in [0, 0.1) is 20.8 Å². The Labute approximate surface area is 151 Å². The lowest BCUT2D eigenvalue weighted by atomic mass is 9.90. The summed E-state index contributed by atoms with van der Waals surface area (Å²) in [6, 6.07) is 26.5. The number of rotatable bonds is 5. The normalized spacial score (nSPS) is 12.4. The van der Waals surface area contributed by atoms with E-state index in [9.17, 15) is 0 Å². The van der Waals surface area contributed by atoms with Gasteiger partial charge < -0.3 is 0 Å². The van der Waals surface area contributed by atoms with Crippen molar-refractivity contribution in [2.45, 2.75) is 33.1 Å². The molecular formula is C25H26. The quantitative estimate of drug-likeness (QED) is 0.492. The van der Waals surface area contributed by atoms with Gasteiger partial charge in [-0.2, -0.15) is 0 Å². The van der Waals surface area contributed by atoms with Crippen molar-refractivity contribution >= 4 is 6.08 Å². The molecule has 0 N–H and O–H groups in total. The van der Waals surface area contributed by atoms with Crippen LogP contribution in [0.5, 0.6) is 0 Å². The lowest BCUT2D eigenvalue weighted by molar-refractivity contribution is 0.838. The zero-order valence-electron chi connectivity index (χ0n) is 15.4. The van der Waals surface area contributed by atoms with Gasteiger partial charge in [0.2, 0.25) is 0 Å². The second-order valence-corrected chi connectivity index (χ2v) is 6.98. The summed E-state index contributed by atoms with van der Waals surface area (Å²) < 4.78 is 0. The van der Waals surface area contributed by atoms with E-state index in [0.717, 1.165) is 6.42 Å². The van der Waals surface area contributed by atoms with Crippen LogP contribution in [0.15, 0.2) is 78.9 Å². The summed E-state index contributed by atoms with van der Waals surface area (Å²) in [6.07, 6.45) is 5.61. The Morgan fingerprint density at radius 1 is 0.640 bits per heavy atom. The number of benzene rings is 3. The smallest absolute Gasteiger partial charge is 0.00617 e. The molecule has 0 aliphatic heterocycles. The maximum Gasteiger partial charge on any atom is 0.00617 e. The van der Waals surface area contributed by atoms with Crippen molar-refractivity contribution in [3.05, 3.63) is 112 Å². The fourth-order valence-corrected chi connectivity index (χ4v) is 2.99. The average molecular weight is 326 g/mol. The van der Waals surface area contributed by atoms with Crippen molar-refractivity contribution in [3.63, 3.8) is 0 Å². The summed E-state index contributed by atoms with van der Waals surface area (Å²) in [4.78, 5) is 0. The number of allylic oxidation sites excluding steroid dienone is 1. The van der Waals surface area contributed by atoms with Crippen LogP contribution in [0.1, 0.15) is 39.3 Å². The summed E-state index contributed by atoms with van der Waals surface area (Å²) >= 11 is 0. The monoisotopic (exact) mass is 326 g/mol. The molecule has 0 spiro atoms. The molecular weight excluding hydrogens is 300 g/mol. The highest BCUT2D eigenvalue weighted by Crippen LogP contribution is 2.24. The standard InChI is InChI=1S/C25H26/c1-19-4-10-22(11-5-19)14-17-25(24-15-8-21(3)9-16-24)18-23-12-6-20(2)7-13-23/h4-17,25H,18H2,1-3H3/b17-14+. The minimum atomic E-state index is 0.379. The maximum atomic E-state index is 2.34. The van der Waals surface area contributed by atoms with Gasteiger partial charge in [0.25, 0.3) is 0 Å². The highest BCUT2D eigenvalue weighted by molar-refractivity contribution is 5.51. The average Bonchev–Trinajstić information content (AvgIpc) is 2.62.